The highest BCUT2D eigenvalue weighted by Gasteiger charge is 1.95. The first-order valence-electron chi connectivity index (χ1n) is 3.13. The quantitative estimate of drug-likeness (QED) is 0.647. The van der Waals surface area contributed by atoms with E-state index in [1.165, 1.54) is 0 Å². The Kier molecular flexibility index (Phi) is 1.90. The van der Waals surface area contributed by atoms with Crippen molar-refractivity contribution < 1.29 is 4.42 Å². The Bertz CT molecular complexity index is 162. The monoisotopic (exact) mass is 125 g/mol. The molecule has 0 unspecified atom stereocenters. The normalized spacial score (nSPS) is 10.0. The number of hydrogen-bond acceptors (Lipinski definition) is 2. The second-order valence-electron chi connectivity index (χ2n) is 1.98. The Morgan fingerprint density at radius 2 is 2.44 bits per heavy atom. The van der Waals surface area contributed by atoms with Gasteiger partial charge in [0, 0.05) is 18.5 Å². The van der Waals surface area contributed by atoms with Crippen molar-refractivity contribution in [2.24, 2.45) is 5.73 Å². The molecule has 0 saturated heterocycles. The van der Waals surface area contributed by atoms with Crippen molar-refractivity contribution >= 4 is 0 Å². The molecule has 1 aromatic heterocycles. The Hall–Kier alpha value is -0.760. The van der Waals surface area contributed by atoms with Crippen molar-refractivity contribution in [1.29, 1.82) is 0 Å². The minimum absolute atomic E-state index is 0.573. The first-order valence-corrected chi connectivity index (χ1v) is 3.13. The highest BCUT2D eigenvalue weighted by Crippen LogP contribution is 2.06. The standard InChI is InChI=1S/C7H11NO/c1-2-7-3-6(4-8)5-9-7/h3,5H,2,4,8H2,1H3. The lowest BCUT2D eigenvalue weighted by molar-refractivity contribution is 0.514. The zero-order valence-corrected chi connectivity index (χ0v) is 5.55. The summed E-state index contributed by atoms with van der Waals surface area (Å²) in [6.07, 6.45) is 2.65. The summed E-state index contributed by atoms with van der Waals surface area (Å²) in [7, 11) is 0. The van der Waals surface area contributed by atoms with Gasteiger partial charge in [-0.3, -0.25) is 0 Å². The molecule has 0 bridgehead atoms. The van der Waals surface area contributed by atoms with Crippen molar-refractivity contribution in [1.82, 2.24) is 0 Å². The summed E-state index contributed by atoms with van der Waals surface area (Å²) in [4.78, 5) is 0. The molecule has 2 N–H and O–H groups in total. The van der Waals surface area contributed by atoms with Gasteiger partial charge in [-0.15, -0.1) is 0 Å². The molecule has 1 rings (SSSR count). The molecule has 0 spiro atoms. The van der Waals surface area contributed by atoms with Crippen LogP contribution in [-0.2, 0) is 13.0 Å². The van der Waals surface area contributed by atoms with Crippen LogP contribution in [0, 0.1) is 0 Å². The summed E-state index contributed by atoms with van der Waals surface area (Å²) in [5, 5.41) is 0. The largest absolute Gasteiger partial charge is 0.469 e. The summed E-state index contributed by atoms with van der Waals surface area (Å²) in [5.41, 5.74) is 6.43. The van der Waals surface area contributed by atoms with Crippen LogP contribution in [0.15, 0.2) is 16.7 Å². The summed E-state index contributed by atoms with van der Waals surface area (Å²) in [6.45, 7) is 2.63. The maximum absolute atomic E-state index is 5.36. The highest BCUT2D eigenvalue weighted by molar-refractivity contribution is 5.11. The maximum atomic E-state index is 5.36. The lowest BCUT2D eigenvalue weighted by Gasteiger charge is -1.81. The molecule has 0 fully saturated rings. The lowest BCUT2D eigenvalue weighted by atomic mass is 10.3. The van der Waals surface area contributed by atoms with Crippen LogP contribution in [0.5, 0.6) is 0 Å². The number of hydrogen-bond donors (Lipinski definition) is 1. The molecule has 0 aromatic carbocycles. The Morgan fingerprint density at radius 1 is 1.67 bits per heavy atom. The Balaban J connectivity index is 2.74. The molecule has 0 radical (unpaired) electrons. The van der Waals surface area contributed by atoms with Crippen molar-refractivity contribution in [3.05, 3.63) is 23.7 Å². The van der Waals surface area contributed by atoms with Gasteiger partial charge in [-0.1, -0.05) is 6.92 Å². The van der Waals surface area contributed by atoms with Crippen molar-refractivity contribution in [2.75, 3.05) is 0 Å². The predicted molar refractivity (Wildman–Crippen MR) is 36.0 cm³/mol. The summed E-state index contributed by atoms with van der Waals surface area (Å²) < 4.78 is 5.12. The van der Waals surface area contributed by atoms with Crippen LogP contribution in [-0.4, -0.2) is 0 Å². The van der Waals surface area contributed by atoms with Crippen molar-refractivity contribution in [2.45, 2.75) is 19.9 Å². The Labute approximate surface area is 54.7 Å². The van der Waals surface area contributed by atoms with E-state index in [0.717, 1.165) is 17.7 Å². The average molecular weight is 125 g/mol. The van der Waals surface area contributed by atoms with Crippen molar-refractivity contribution in [3.63, 3.8) is 0 Å². The molecular weight excluding hydrogens is 114 g/mol. The van der Waals surface area contributed by atoms with Gasteiger partial charge in [0.05, 0.1) is 6.26 Å². The lowest BCUT2D eigenvalue weighted by Crippen LogP contribution is -1.92. The molecule has 0 saturated carbocycles. The fourth-order valence-electron chi connectivity index (χ4n) is 0.719. The zero-order chi connectivity index (χ0) is 6.69. The van der Waals surface area contributed by atoms with Gasteiger partial charge in [-0.05, 0) is 6.07 Å². The molecule has 1 aromatic rings. The second kappa shape index (κ2) is 2.69. The van der Waals surface area contributed by atoms with Gasteiger partial charge in [0.2, 0.25) is 0 Å². The topological polar surface area (TPSA) is 39.2 Å². The van der Waals surface area contributed by atoms with Crippen LogP contribution in [0.25, 0.3) is 0 Å². The van der Waals surface area contributed by atoms with E-state index >= 15 is 0 Å². The average Bonchev–Trinajstić information content (AvgIpc) is 2.34. The molecule has 9 heavy (non-hydrogen) atoms. The minimum Gasteiger partial charge on any atom is -0.469 e. The number of aryl methyl sites for hydroxylation is 1. The van der Waals surface area contributed by atoms with Crippen LogP contribution in [0.4, 0.5) is 0 Å². The summed E-state index contributed by atoms with van der Waals surface area (Å²) >= 11 is 0. The van der Waals surface area contributed by atoms with Gasteiger partial charge in [0.1, 0.15) is 5.76 Å². The second-order valence-corrected chi connectivity index (χ2v) is 1.98. The van der Waals surface area contributed by atoms with E-state index in [1.807, 2.05) is 6.07 Å². The molecule has 0 aliphatic carbocycles. The van der Waals surface area contributed by atoms with Crippen LogP contribution in [0.3, 0.4) is 0 Å². The minimum atomic E-state index is 0.573. The molecule has 0 aliphatic heterocycles. The molecule has 0 amide bonds. The van der Waals surface area contributed by atoms with E-state index in [-0.39, 0.29) is 0 Å². The first-order chi connectivity index (χ1) is 4.36. The highest BCUT2D eigenvalue weighted by atomic mass is 16.3. The van der Waals surface area contributed by atoms with E-state index < -0.39 is 0 Å². The molecule has 1 heterocycles. The summed E-state index contributed by atoms with van der Waals surface area (Å²) in [5.74, 6) is 1.01. The third-order valence-electron chi connectivity index (χ3n) is 1.29. The Morgan fingerprint density at radius 3 is 2.78 bits per heavy atom. The molecular formula is C7H11NO. The van der Waals surface area contributed by atoms with E-state index in [2.05, 4.69) is 6.92 Å². The number of nitrogens with two attached hydrogens (primary N) is 1. The number of rotatable bonds is 2. The SMILES string of the molecule is CCc1cc(CN)co1. The van der Waals surface area contributed by atoms with Crippen LogP contribution < -0.4 is 5.73 Å². The van der Waals surface area contributed by atoms with E-state index in [4.69, 9.17) is 10.2 Å². The molecule has 0 aliphatic rings. The van der Waals surface area contributed by atoms with Gasteiger partial charge in [0.15, 0.2) is 0 Å². The van der Waals surface area contributed by atoms with Crippen molar-refractivity contribution in [3.8, 4) is 0 Å². The van der Waals surface area contributed by atoms with Gasteiger partial charge < -0.3 is 10.2 Å². The molecule has 0 atom stereocenters. The third kappa shape index (κ3) is 1.33. The third-order valence-corrected chi connectivity index (χ3v) is 1.29. The van der Waals surface area contributed by atoms with Gasteiger partial charge in [-0.2, -0.15) is 0 Å². The summed E-state index contributed by atoms with van der Waals surface area (Å²) in [6, 6.07) is 1.99. The number of furan rings is 1. The molecule has 50 valence electrons. The smallest absolute Gasteiger partial charge is 0.103 e. The fourth-order valence-corrected chi connectivity index (χ4v) is 0.719. The van der Waals surface area contributed by atoms with Crippen LogP contribution >= 0.6 is 0 Å². The fraction of sp³-hybridized carbons (Fsp3) is 0.429. The van der Waals surface area contributed by atoms with E-state index in [9.17, 15) is 0 Å². The zero-order valence-electron chi connectivity index (χ0n) is 5.55. The molecule has 2 nitrogen and oxygen atoms in total. The van der Waals surface area contributed by atoms with E-state index in [0.29, 0.717) is 6.54 Å². The van der Waals surface area contributed by atoms with Crippen LogP contribution in [0.2, 0.25) is 0 Å². The van der Waals surface area contributed by atoms with Gasteiger partial charge >= 0.3 is 0 Å². The predicted octanol–water partition coefficient (Wildman–Crippen LogP) is 1.30. The van der Waals surface area contributed by atoms with Crippen LogP contribution in [0.1, 0.15) is 18.2 Å². The first kappa shape index (κ1) is 6.36. The molecule has 2 heteroatoms. The van der Waals surface area contributed by atoms with E-state index in [1.54, 1.807) is 6.26 Å². The maximum Gasteiger partial charge on any atom is 0.103 e. The van der Waals surface area contributed by atoms with Gasteiger partial charge in [-0.25, -0.2) is 0 Å². The van der Waals surface area contributed by atoms with Gasteiger partial charge in [0.25, 0.3) is 0 Å².